The number of benzene rings is 2. The van der Waals surface area contributed by atoms with E-state index in [-0.39, 0.29) is 42.3 Å². The highest BCUT2D eigenvalue weighted by atomic mass is 35.5. The van der Waals surface area contributed by atoms with E-state index in [1.165, 1.54) is 17.7 Å². The van der Waals surface area contributed by atoms with Gasteiger partial charge in [-0.05, 0) is 35.7 Å². The van der Waals surface area contributed by atoms with E-state index in [2.05, 4.69) is 16.9 Å². The number of carbonyl (C=O) groups excluding carboxylic acids is 1. The van der Waals surface area contributed by atoms with E-state index in [1.54, 1.807) is 12.1 Å². The van der Waals surface area contributed by atoms with Gasteiger partial charge in [0.2, 0.25) is 5.91 Å². The molecule has 0 aliphatic carbocycles. The third-order valence-corrected chi connectivity index (χ3v) is 4.80. The third-order valence-electron chi connectivity index (χ3n) is 4.80. The molecule has 1 aliphatic heterocycles. The Kier molecular flexibility index (Phi) is 7.56. The van der Waals surface area contributed by atoms with Crippen LogP contribution in [0.3, 0.4) is 0 Å². The summed E-state index contributed by atoms with van der Waals surface area (Å²) in [6.07, 6.45) is 0.152. The molecule has 7 heteroatoms. The first-order valence-corrected chi connectivity index (χ1v) is 8.63. The Labute approximate surface area is 163 Å². The molecule has 3 rings (SSSR count). The van der Waals surface area contributed by atoms with Crippen LogP contribution in [0.4, 0.5) is 8.78 Å². The molecule has 0 spiro atoms. The van der Waals surface area contributed by atoms with Crippen molar-refractivity contribution in [3.8, 4) is 5.75 Å². The van der Waals surface area contributed by atoms with Gasteiger partial charge in [0.1, 0.15) is 5.75 Å². The number of ether oxygens (including phenoxy) is 1. The van der Waals surface area contributed by atoms with Crippen molar-refractivity contribution in [3.05, 3.63) is 65.7 Å². The minimum absolute atomic E-state index is 0. The number of alkyl halides is 2. The average molecular weight is 397 g/mol. The van der Waals surface area contributed by atoms with Gasteiger partial charge in [0.15, 0.2) is 0 Å². The minimum Gasteiger partial charge on any atom is -0.435 e. The van der Waals surface area contributed by atoms with E-state index in [0.29, 0.717) is 25.2 Å². The van der Waals surface area contributed by atoms with Gasteiger partial charge in [-0.15, -0.1) is 12.4 Å². The molecule has 1 saturated heterocycles. The van der Waals surface area contributed by atoms with Crippen molar-refractivity contribution >= 4 is 18.3 Å². The molecule has 2 atom stereocenters. The van der Waals surface area contributed by atoms with Crippen molar-refractivity contribution in [2.24, 2.45) is 11.7 Å². The molecule has 4 nitrogen and oxygen atoms in total. The number of nitrogens with two attached hydrogens (primary N) is 1. The van der Waals surface area contributed by atoms with Crippen LogP contribution in [0.1, 0.15) is 17.0 Å². The van der Waals surface area contributed by atoms with E-state index < -0.39 is 6.61 Å². The Balaban J connectivity index is 0.00000261. The molecular formula is C20H23ClF2N2O2. The summed E-state index contributed by atoms with van der Waals surface area (Å²) < 4.78 is 29.1. The molecule has 0 bridgehead atoms. The van der Waals surface area contributed by atoms with Crippen LogP contribution in [0.5, 0.6) is 5.75 Å². The van der Waals surface area contributed by atoms with Crippen molar-refractivity contribution in [2.75, 3.05) is 19.6 Å². The van der Waals surface area contributed by atoms with E-state index in [1.807, 2.05) is 23.1 Å². The fourth-order valence-corrected chi connectivity index (χ4v) is 3.51. The second-order valence-electron chi connectivity index (χ2n) is 6.51. The maximum absolute atomic E-state index is 12.7. The number of likely N-dealkylation sites (tertiary alicyclic amines) is 1. The zero-order chi connectivity index (χ0) is 18.5. The number of hydrogen-bond acceptors (Lipinski definition) is 3. The molecule has 27 heavy (non-hydrogen) atoms. The van der Waals surface area contributed by atoms with Crippen LogP contribution in [-0.4, -0.2) is 37.1 Å². The number of carbonyl (C=O) groups is 1. The summed E-state index contributed by atoms with van der Waals surface area (Å²) in [6, 6.07) is 16.3. The van der Waals surface area contributed by atoms with Crippen molar-refractivity contribution in [2.45, 2.75) is 19.0 Å². The van der Waals surface area contributed by atoms with Crippen molar-refractivity contribution in [3.63, 3.8) is 0 Å². The van der Waals surface area contributed by atoms with Gasteiger partial charge in [-0.2, -0.15) is 8.78 Å². The molecule has 2 aromatic carbocycles. The molecule has 0 aromatic heterocycles. The lowest BCUT2D eigenvalue weighted by Crippen LogP contribution is -2.31. The van der Waals surface area contributed by atoms with Gasteiger partial charge < -0.3 is 15.4 Å². The van der Waals surface area contributed by atoms with Gasteiger partial charge in [-0.1, -0.05) is 42.5 Å². The van der Waals surface area contributed by atoms with E-state index in [4.69, 9.17) is 5.73 Å². The number of amides is 1. The van der Waals surface area contributed by atoms with E-state index in [0.717, 1.165) is 0 Å². The van der Waals surface area contributed by atoms with Gasteiger partial charge >= 0.3 is 6.61 Å². The highest BCUT2D eigenvalue weighted by molar-refractivity contribution is 5.85. The first kappa shape index (κ1) is 21.1. The van der Waals surface area contributed by atoms with Crippen LogP contribution in [0.15, 0.2) is 54.6 Å². The molecule has 0 saturated carbocycles. The molecule has 146 valence electrons. The van der Waals surface area contributed by atoms with Crippen molar-refractivity contribution < 1.29 is 18.3 Å². The van der Waals surface area contributed by atoms with Crippen LogP contribution < -0.4 is 10.5 Å². The first-order chi connectivity index (χ1) is 12.6. The number of halogens is 3. The summed E-state index contributed by atoms with van der Waals surface area (Å²) >= 11 is 0. The van der Waals surface area contributed by atoms with Crippen LogP contribution in [0.25, 0.3) is 0 Å². The summed E-state index contributed by atoms with van der Waals surface area (Å²) in [5, 5.41) is 0. The van der Waals surface area contributed by atoms with Crippen molar-refractivity contribution in [1.29, 1.82) is 0 Å². The number of nitrogens with zero attached hydrogens (tertiary/aromatic N) is 1. The Hall–Kier alpha value is -2.18. The molecular weight excluding hydrogens is 374 g/mol. The first-order valence-electron chi connectivity index (χ1n) is 8.63. The van der Waals surface area contributed by atoms with E-state index >= 15 is 0 Å². The summed E-state index contributed by atoms with van der Waals surface area (Å²) in [6.45, 7) is -1.13. The molecule has 0 radical (unpaired) electrons. The Morgan fingerprint density at radius 2 is 1.89 bits per heavy atom. The van der Waals surface area contributed by atoms with Gasteiger partial charge in [0.05, 0.1) is 6.42 Å². The smallest absolute Gasteiger partial charge is 0.387 e. The number of hydrogen-bond donors (Lipinski definition) is 1. The summed E-state index contributed by atoms with van der Waals surface area (Å²) in [5.74, 6) is 0.471. The molecule has 1 fully saturated rings. The molecule has 2 N–H and O–H groups in total. The van der Waals surface area contributed by atoms with Gasteiger partial charge in [-0.3, -0.25) is 4.79 Å². The highest BCUT2D eigenvalue weighted by Crippen LogP contribution is 2.32. The zero-order valence-corrected chi connectivity index (χ0v) is 15.6. The molecule has 1 amide bonds. The SMILES string of the molecule is Cl.NC[C@@H]1CN(C(=O)Cc2cccc(OC(F)F)c2)C[C@H]1c1ccccc1. The predicted molar refractivity (Wildman–Crippen MR) is 102 cm³/mol. The van der Waals surface area contributed by atoms with Crippen molar-refractivity contribution in [1.82, 2.24) is 4.90 Å². The predicted octanol–water partition coefficient (Wildman–Crippen LogP) is 3.45. The average Bonchev–Trinajstić information content (AvgIpc) is 3.07. The molecule has 2 aromatic rings. The quantitative estimate of drug-likeness (QED) is 0.813. The minimum atomic E-state index is -2.88. The Morgan fingerprint density at radius 1 is 1.15 bits per heavy atom. The standard InChI is InChI=1S/C20H22F2N2O2.ClH/c21-20(22)26-17-8-4-5-14(9-17)10-19(25)24-12-16(11-23)18(13-24)15-6-2-1-3-7-15;/h1-9,16,18,20H,10-13,23H2;1H/t16-,18+;/m1./s1. The lowest BCUT2D eigenvalue weighted by molar-refractivity contribution is -0.129. The van der Waals surface area contributed by atoms with Crippen LogP contribution in [-0.2, 0) is 11.2 Å². The third kappa shape index (κ3) is 5.40. The van der Waals surface area contributed by atoms with E-state index in [9.17, 15) is 13.6 Å². The van der Waals surface area contributed by atoms with Crippen LogP contribution in [0.2, 0.25) is 0 Å². The summed E-state index contributed by atoms with van der Waals surface area (Å²) in [5.41, 5.74) is 7.76. The Morgan fingerprint density at radius 3 is 2.56 bits per heavy atom. The fraction of sp³-hybridized carbons (Fsp3) is 0.350. The van der Waals surface area contributed by atoms with Gasteiger partial charge in [0, 0.05) is 19.0 Å². The van der Waals surface area contributed by atoms with Crippen LogP contribution in [0, 0.1) is 5.92 Å². The number of rotatable bonds is 6. The molecule has 1 heterocycles. The summed E-state index contributed by atoms with van der Waals surface area (Å²) in [7, 11) is 0. The largest absolute Gasteiger partial charge is 0.435 e. The second-order valence-corrected chi connectivity index (χ2v) is 6.51. The van der Waals surface area contributed by atoms with Gasteiger partial charge in [0.25, 0.3) is 0 Å². The maximum atomic E-state index is 12.7. The lowest BCUT2D eigenvalue weighted by atomic mass is 9.89. The normalized spacial score (nSPS) is 19.0. The monoisotopic (exact) mass is 396 g/mol. The van der Waals surface area contributed by atoms with Crippen LogP contribution >= 0.6 is 12.4 Å². The maximum Gasteiger partial charge on any atom is 0.387 e. The second kappa shape index (κ2) is 9.67. The fourth-order valence-electron chi connectivity index (χ4n) is 3.51. The lowest BCUT2D eigenvalue weighted by Gasteiger charge is -2.17. The zero-order valence-electron chi connectivity index (χ0n) is 14.8. The highest BCUT2D eigenvalue weighted by Gasteiger charge is 2.35. The van der Waals surface area contributed by atoms with Gasteiger partial charge in [-0.25, -0.2) is 0 Å². The molecule has 0 unspecified atom stereocenters. The Bertz CT molecular complexity index is 746. The molecule has 1 aliphatic rings. The topological polar surface area (TPSA) is 55.6 Å². The summed E-state index contributed by atoms with van der Waals surface area (Å²) in [4.78, 5) is 14.5.